The summed E-state index contributed by atoms with van der Waals surface area (Å²) in [7, 11) is 0. The van der Waals surface area contributed by atoms with Crippen LogP contribution in [0.4, 0.5) is 22.0 Å². The summed E-state index contributed by atoms with van der Waals surface area (Å²) in [4.78, 5) is 22.7. The van der Waals surface area contributed by atoms with E-state index in [-0.39, 0.29) is 40.2 Å². The summed E-state index contributed by atoms with van der Waals surface area (Å²) < 4.78 is 71.9. The van der Waals surface area contributed by atoms with Crippen molar-refractivity contribution in [3.63, 3.8) is 0 Å². The van der Waals surface area contributed by atoms with Gasteiger partial charge < -0.3 is 4.74 Å². The summed E-state index contributed by atoms with van der Waals surface area (Å²) in [5, 5.41) is 0. The first-order chi connectivity index (χ1) is 16.1. The Bertz CT molecular complexity index is 1200. The van der Waals surface area contributed by atoms with E-state index in [1.807, 2.05) is 0 Å². The van der Waals surface area contributed by atoms with Crippen LogP contribution in [0.5, 0.6) is 0 Å². The van der Waals surface area contributed by atoms with Gasteiger partial charge in [0.15, 0.2) is 6.29 Å². The van der Waals surface area contributed by atoms with E-state index in [4.69, 9.17) is 4.74 Å². The second kappa shape index (κ2) is 10.4. The molecule has 0 aromatic heterocycles. The number of aldehydes is 2. The van der Waals surface area contributed by atoms with Crippen LogP contribution in [0.25, 0.3) is 11.3 Å². The highest BCUT2D eigenvalue weighted by atomic mass is 19.4. The number of alkyl halides is 3. The molecular formula is C26H19F5O3. The van der Waals surface area contributed by atoms with E-state index < -0.39 is 30.7 Å². The Balaban J connectivity index is 2.05. The van der Waals surface area contributed by atoms with Gasteiger partial charge in [-0.15, -0.1) is 0 Å². The summed E-state index contributed by atoms with van der Waals surface area (Å²) in [5.41, 5.74) is 1.17. The van der Waals surface area contributed by atoms with Crippen molar-refractivity contribution in [1.82, 2.24) is 0 Å². The van der Waals surface area contributed by atoms with E-state index in [9.17, 15) is 31.5 Å². The van der Waals surface area contributed by atoms with E-state index in [0.717, 1.165) is 6.07 Å². The number of hydrogen-bond donors (Lipinski definition) is 0. The molecule has 0 bridgehead atoms. The molecule has 0 atom stereocenters. The zero-order valence-electron chi connectivity index (χ0n) is 17.8. The molecule has 8 heteroatoms. The zero-order valence-corrected chi connectivity index (χ0v) is 17.8. The fourth-order valence-electron chi connectivity index (χ4n) is 3.51. The molecule has 0 spiro atoms. The third-order valence-electron chi connectivity index (χ3n) is 5.14. The Morgan fingerprint density at radius 2 is 1.74 bits per heavy atom. The van der Waals surface area contributed by atoms with E-state index in [2.05, 4.69) is 6.58 Å². The van der Waals surface area contributed by atoms with E-state index in [1.165, 1.54) is 48.6 Å². The van der Waals surface area contributed by atoms with Gasteiger partial charge >= 0.3 is 6.18 Å². The number of allylic oxidation sites excluding steroid dienone is 5. The lowest BCUT2D eigenvalue weighted by Gasteiger charge is -2.14. The third-order valence-corrected chi connectivity index (χ3v) is 5.14. The van der Waals surface area contributed by atoms with Gasteiger partial charge in [-0.2, -0.15) is 13.2 Å². The Labute approximate surface area is 192 Å². The van der Waals surface area contributed by atoms with Gasteiger partial charge in [0, 0.05) is 24.0 Å². The van der Waals surface area contributed by atoms with Gasteiger partial charge in [-0.3, -0.25) is 9.59 Å². The van der Waals surface area contributed by atoms with E-state index in [0.29, 0.717) is 23.7 Å². The largest absolute Gasteiger partial charge is 0.460 e. The third kappa shape index (κ3) is 5.95. The average Bonchev–Trinajstić information content (AvgIpc) is 3.21. The normalized spacial score (nSPS) is 15.7. The minimum atomic E-state index is -4.45. The monoisotopic (exact) mass is 474 g/mol. The van der Waals surface area contributed by atoms with Gasteiger partial charge in [0.1, 0.15) is 29.4 Å². The predicted octanol–water partition coefficient (Wildman–Crippen LogP) is 6.97. The number of carbonyl (C=O) groups is 2. The molecule has 0 fully saturated rings. The quantitative estimate of drug-likeness (QED) is 0.236. The first kappa shape index (κ1) is 24.8. The molecule has 0 radical (unpaired) electrons. The molecule has 0 N–H and O–H groups in total. The lowest BCUT2D eigenvalue weighted by Crippen LogP contribution is -2.07. The van der Waals surface area contributed by atoms with Gasteiger partial charge in [0.25, 0.3) is 0 Å². The predicted molar refractivity (Wildman–Crippen MR) is 117 cm³/mol. The molecule has 2 aromatic rings. The minimum Gasteiger partial charge on any atom is -0.460 e. The van der Waals surface area contributed by atoms with Crippen LogP contribution in [-0.4, -0.2) is 18.7 Å². The SMILES string of the molecule is C=C/C(=C(\C=C1/CC(C=O)=C(c2ccc(F)cc2)O1)CCC(F)(F)F)c1ccc(F)c(C=O)c1. The molecule has 1 aliphatic heterocycles. The highest BCUT2D eigenvalue weighted by Gasteiger charge is 2.28. The van der Waals surface area contributed by atoms with E-state index >= 15 is 0 Å². The molecule has 176 valence electrons. The smallest absolute Gasteiger partial charge is 0.389 e. The van der Waals surface area contributed by atoms with Crippen LogP contribution < -0.4 is 0 Å². The van der Waals surface area contributed by atoms with Crippen molar-refractivity contribution in [3.8, 4) is 0 Å². The van der Waals surface area contributed by atoms with Gasteiger partial charge in [-0.25, -0.2) is 8.78 Å². The molecule has 3 nitrogen and oxygen atoms in total. The van der Waals surface area contributed by atoms with Crippen molar-refractivity contribution in [3.05, 3.63) is 106 Å². The fraction of sp³-hybridized carbons (Fsp3) is 0.154. The van der Waals surface area contributed by atoms with Crippen LogP contribution in [0.1, 0.15) is 40.7 Å². The maximum atomic E-state index is 13.8. The minimum absolute atomic E-state index is 0.0131. The van der Waals surface area contributed by atoms with Crippen LogP contribution in [0.15, 0.2) is 78.1 Å². The average molecular weight is 474 g/mol. The van der Waals surface area contributed by atoms with Crippen molar-refractivity contribution < 1.29 is 36.3 Å². The summed E-state index contributed by atoms with van der Waals surface area (Å²) in [6, 6.07) is 8.83. The number of ether oxygens (including phenoxy) is 1. The lowest BCUT2D eigenvalue weighted by atomic mass is 9.94. The van der Waals surface area contributed by atoms with Crippen molar-refractivity contribution >= 4 is 23.9 Å². The standard InChI is InChI=1S/C26H19F5O3/c1-2-23(17-5-8-24(28)19(11-17)14-32)18(9-10-26(29,30)31)12-22-13-20(15-33)25(34-22)16-3-6-21(27)7-4-16/h2-8,11-12,14-15H,1,9-10,13H2/b22-12+,23-18+. The Morgan fingerprint density at radius 3 is 2.32 bits per heavy atom. The molecule has 0 amide bonds. The van der Waals surface area contributed by atoms with Crippen LogP contribution >= 0.6 is 0 Å². The summed E-state index contributed by atoms with van der Waals surface area (Å²) in [6.45, 7) is 3.66. The Morgan fingerprint density at radius 1 is 1.03 bits per heavy atom. The zero-order chi connectivity index (χ0) is 24.9. The molecule has 0 unspecified atom stereocenters. The molecule has 1 aliphatic rings. The van der Waals surface area contributed by atoms with Crippen LogP contribution in [0, 0.1) is 11.6 Å². The molecule has 34 heavy (non-hydrogen) atoms. The summed E-state index contributed by atoms with van der Waals surface area (Å²) in [5.74, 6) is -0.856. The Kier molecular flexibility index (Phi) is 7.61. The molecule has 0 saturated heterocycles. The highest BCUT2D eigenvalue weighted by Crippen LogP contribution is 2.37. The molecule has 1 heterocycles. The lowest BCUT2D eigenvalue weighted by molar-refractivity contribution is -0.133. The second-order valence-electron chi connectivity index (χ2n) is 7.48. The van der Waals surface area contributed by atoms with Crippen molar-refractivity contribution in [1.29, 1.82) is 0 Å². The van der Waals surface area contributed by atoms with Crippen molar-refractivity contribution in [2.45, 2.75) is 25.4 Å². The maximum absolute atomic E-state index is 13.8. The van der Waals surface area contributed by atoms with Crippen LogP contribution in [0.3, 0.4) is 0 Å². The number of hydrogen-bond acceptors (Lipinski definition) is 3. The van der Waals surface area contributed by atoms with Crippen LogP contribution in [0.2, 0.25) is 0 Å². The first-order valence-electron chi connectivity index (χ1n) is 10.1. The number of carbonyl (C=O) groups excluding carboxylic acids is 2. The highest BCUT2D eigenvalue weighted by molar-refractivity contribution is 5.89. The Hall–Kier alpha value is -3.81. The van der Waals surface area contributed by atoms with E-state index in [1.54, 1.807) is 0 Å². The number of benzene rings is 2. The molecule has 0 saturated carbocycles. The summed E-state index contributed by atoms with van der Waals surface area (Å²) in [6.07, 6.45) is -2.46. The van der Waals surface area contributed by atoms with Crippen molar-refractivity contribution in [2.24, 2.45) is 0 Å². The second-order valence-corrected chi connectivity index (χ2v) is 7.48. The van der Waals surface area contributed by atoms with Crippen LogP contribution in [-0.2, 0) is 9.53 Å². The van der Waals surface area contributed by atoms with Gasteiger partial charge in [-0.05, 0) is 65.6 Å². The van der Waals surface area contributed by atoms with Crippen molar-refractivity contribution in [2.75, 3.05) is 0 Å². The summed E-state index contributed by atoms with van der Waals surface area (Å²) >= 11 is 0. The van der Waals surface area contributed by atoms with Gasteiger partial charge in [0.2, 0.25) is 0 Å². The molecule has 0 aliphatic carbocycles. The molecule has 3 rings (SSSR count). The number of halogens is 5. The molecule has 2 aromatic carbocycles. The van der Waals surface area contributed by atoms with Gasteiger partial charge in [0.05, 0.1) is 5.56 Å². The maximum Gasteiger partial charge on any atom is 0.389 e. The first-order valence-corrected chi connectivity index (χ1v) is 10.1. The topological polar surface area (TPSA) is 43.4 Å². The fourth-order valence-corrected chi connectivity index (χ4v) is 3.51. The molecular weight excluding hydrogens is 455 g/mol. The van der Waals surface area contributed by atoms with Gasteiger partial charge in [-0.1, -0.05) is 18.7 Å². The number of rotatable bonds is 8.